The number of benzene rings is 2. The summed E-state index contributed by atoms with van der Waals surface area (Å²) in [5, 5.41) is 0.360. The molecule has 0 aliphatic carbocycles. The van der Waals surface area contributed by atoms with Crippen LogP contribution in [0.15, 0.2) is 59.3 Å². The fourth-order valence-electron chi connectivity index (χ4n) is 3.28. The van der Waals surface area contributed by atoms with E-state index in [-0.39, 0.29) is 17.1 Å². The van der Waals surface area contributed by atoms with Crippen LogP contribution in [0.1, 0.15) is 19.4 Å². The van der Waals surface area contributed by atoms with Crippen molar-refractivity contribution in [3.8, 4) is 11.5 Å². The van der Waals surface area contributed by atoms with Crippen molar-refractivity contribution in [2.24, 2.45) is 0 Å². The monoisotopic (exact) mass is 427 g/mol. The topological polar surface area (TPSA) is 65.1 Å². The molecule has 30 heavy (non-hydrogen) atoms. The van der Waals surface area contributed by atoms with E-state index >= 15 is 0 Å². The third-order valence-electron chi connectivity index (χ3n) is 4.69. The van der Waals surface area contributed by atoms with Gasteiger partial charge in [-0.3, -0.25) is 9.69 Å². The van der Waals surface area contributed by atoms with Crippen LogP contribution in [0.3, 0.4) is 0 Å². The molecule has 0 saturated carbocycles. The molecule has 0 spiro atoms. The lowest BCUT2D eigenvalue weighted by Gasteiger charge is -2.19. The fraction of sp³-hybridized carbons (Fsp3) is 0.217. The molecule has 156 valence electrons. The predicted molar refractivity (Wildman–Crippen MR) is 116 cm³/mol. The quantitative estimate of drug-likeness (QED) is 0.497. The second-order valence-electron chi connectivity index (χ2n) is 6.47. The number of allylic oxidation sites excluding steroid dienone is 1. The van der Waals surface area contributed by atoms with Crippen molar-refractivity contribution in [2.75, 3.05) is 25.7 Å². The molecule has 3 rings (SSSR count). The van der Waals surface area contributed by atoms with E-state index in [1.54, 1.807) is 31.2 Å². The molecule has 7 heteroatoms. The summed E-state index contributed by atoms with van der Waals surface area (Å²) >= 11 is 6.24. The first kappa shape index (κ1) is 21.5. The Morgan fingerprint density at radius 1 is 1.13 bits per heavy atom. The Morgan fingerprint density at radius 2 is 1.83 bits per heavy atom. The standard InChI is InChI=1S/C23H22ClNO5/c1-5-30-17-9-6-15(7-10-17)12-18-21(23(27)29-4)14(2)25(22(18)26)16-8-11-20(28-3)19(24)13-16/h6-13H,5H2,1-4H3/b18-12-. The van der Waals surface area contributed by atoms with Crippen LogP contribution in [-0.2, 0) is 14.3 Å². The first-order chi connectivity index (χ1) is 14.4. The van der Waals surface area contributed by atoms with Gasteiger partial charge in [0.2, 0.25) is 0 Å². The Labute approximate surface area is 180 Å². The molecular weight excluding hydrogens is 406 g/mol. The van der Waals surface area contributed by atoms with E-state index in [0.29, 0.717) is 28.8 Å². The number of esters is 1. The largest absolute Gasteiger partial charge is 0.495 e. The van der Waals surface area contributed by atoms with E-state index in [1.807, 2.05) is 31.2 Å². The maximum absolute atomic E-state index is 13.3. The zero-order chi connectivity index (χ0) is 21.8. The van der Waals surface area contributed by atoms with Gasteiger partial charge in [-0.15, -0.1) is 0 Å². The fourth-order valence-corrected chi connectivity index (χ4v) is 3.53. The molecule has 0 N–H and O–H groups in total. The number of amides is 1. The molecular formula is C23H22ClNO5. The lowest BCUT2D eigenvalue weighted by Crippen LogP contribution is -2.24. The van der Waals surface area contributed by atoms with E-state index in [9.17, 15) is 9.59 Å². The van der Waals surface area contributed by atoms with Crippen molar-refractivity contribution in [3.05, 3.63) is 69.9 Å². The van der Waals surface area contributed by atoms with Gasteiger partial charge in [-0.25, -0.2) is 4.79 Å². The molecule has 0 aromatic heterocycles. The van der Waals surface area contributed by atoms with Crippen molar-refractivity contribution in [1.82, 2.24) is 0 Å². The summed E-state index contributed by atoms with van der Waals surface area (Å²) in [5.41, 5.74) is 2.20. The molecule has 0 radical (unpaired) electrons. The highest BCUT2D eigenvalue weighted by Gasteiger charge is 2.38. The minimum Gasteiger partial charge on any atom is -0.495 e. The number of carbonyl (C=O) groups is 2. The molecule has 2 aromatic rings. The summed E-state index contributed by atoms with van der Waals surface area (Å²) in [7, 11) is 2.80. The molecule has 0 bridgehead atoms. The lowest BCUT2D eigenvalue weighted by atomic mass is 10.0. The SMILES string of the molecule is CCOc1ccc(/C=C2\C(=O)N(c3ccc(OC)c(Cl)c3)C(C)=C2C(=O)OC)cc1. The summed E-state index contributed by atoms with van der Waals surface area (Å²) in [6.45, 7) is 4.16. The highest BCUT2D eigenvalue weighted by atomic mass is 35.5. The van der Waals surface area contributed by atoms with E-state index in [2.05, 4.69) is 0 Å². The first-order valence-corrected chi connectivity index (χ1v) is 9.71. The maximum Gasteiger partial charge on any atom is 0.340 e. The highest BCUT2D eigenvalue weighted by Crippen LogP contribution is 2.38. The van der Waals surface area contributed by atoms with E-state index in [4.69, 9.17) is 25.8 Å². The van der Waals surface area contributed by atoms with E-state index in [0.717, 1.165) is 11.3 Å². The Kier molecular flexibility index (Phi) is 6.47. The van der Waals surface area contributed by atoms with Crippen LogP contribution in [0.4, 0.5) is 5.69 Å². The molecule has 1 aliphatic heterocycles. The second kappa shape index (κ2) is 9.05. The third-order valence-corrected chi connectivity index (χ3v) is 4.98. The number of hydrogen-bond acceptors (Lipinski definition) is 5. The third kappa shape index (κ3) is 4.04. The number of carbonyl (C=O) groups excluding carboxylic acids is 2. The van der Waals surface area contributed by atoms with Gasteiger partial charge in [0.1, 0.15) is 11.5 Å². The number of rotatable bonds is 6. The summed E-state index contributed by atoms with van der Waals surface area (Å²) in [4.78, 5) is 27.2. The molecule has 1 amide bonds. The van der Waals surface area contributed by atoms with Crippen molar-refractivity contribution in [1.29, 1.82) is 0 Å². The number of anilines is 1. The van der Waals surface area contributed by atoms with Crippen molar-refractivity contribution < 1.29 is 23.8 Å². The summed E-state index contributed by atoms with van der Waals surface area (Å²) in [6.07, 6.45) is 1.67. The van der Waals surface area contributed by atoms with Crippen molar-refractivity contribution in [3.63, 3.8) is 0 Å². The molecule has 6 nitrogen and oxygen atoms in total. The Bertz CT molecular complexity index is 1040. The number of hydrogen-bond donors (Lipinski definition) is 0. The van der Waals surface area contributed by atoms with Crippen LogP contribution in [0.5, 0.6) is 11.5 Å². The van der Waals surface area contributed by atoms with Gasteiger partial charge in [0.15, 0.2) is 0 Å². The molecule has 2 aromatic carbocycles. The van der Waals surface area contributed by atoms with Crippen LogP contribution >= 0.6 is 11.6 Å². The van der Waals surface area contributed by atoms with Gasteiger partial charge >= 0.3 is 5.97 Å². The Balaban J connectivity index is 2.06. The van der Waals surface area contributed by atoms with Gasteiger partial charge < -0.3 is 14.2 Å². The number of nitrogens with zero attached hydrogens (tertiary/aromatic N) is 1. The second-order valence-corrected chi connectivity index (χ2v) is 6.88. The summed E-state index contributed by atoms with van der Waals surface area (Å²) in [5.74, 6) is 0.294. The average Bonchev–Trinajstić information content (AvgIpc) is 2.98. The number of halogens is 1. The smallest absolute Gasteiger partial charge is 0.340 e. The normalized spacial score (nSPS) is 15.0. The Morgan fingerprint density at radius 3 is 2.40 bits per heavy atom. The number of ether oxygens (including phenoxy) is 3. The number of methoxy groups -OCH3 is 2. The van der Waals surface area contributed by atoms with Crippen LogP contribution in [0.25, 0.3) is 6.08 Å². The molecule has 0 fully saturated rings. The highest BCUT2D eigenvalue weighted by molar-refractivity contribution is 6.32. The van der Waals surface area contributed by atoms with Crippen LogP contribution < -0.4 is 14.4 Å². The zero-order valence-electron chi connectivity index (χ0n) is 17.2. The maximum atomic E-state index is 13.3. The van der Waals surface area contributed by atoms with Gasteiger partial charge in [0, 0.05) is 5.70 Å². The minimum atomic E-state index is -0.583. The molecule has 0 saturated heterocycles. The van der Waals surface area contributed by atoms with Crippen molar-refractivity contribution >= 4 is 35.2 Å². The predicted octanol–water partition coefficient (Wildman–Crippen LogP) is 4.62. The van der Waals surface area contributed by atoms with E-state index < -0.39 is 5.97 Å². The van der Waals surface area contributed by atoms with Crippen LogP contribution in [0, 0.1) is 0 Å². The molecule has 1 aliphatic rings. The molecule has 1 heterocycles. The van der Waals surface area contributed by atoms with Gasteiger partial charge in [-0.1, -0.05) is 23.7 Å². The van der Waals surface area contributed by atoms with Gasteiger partial charge in [-0.05, 0) is 55.8 Å². The minimum absolute atomic E-state index is 0.211. The zero-order valence-corrected chi connectivity index (χ0v) is 17.9. The van der Waals surface area contributed by atoms with Crippen molar-refractivity contribution in [2.45, 2.75) is 13.8 Å². The van der Waals surface area contributed by atoms with Gasteiger partial charge in [0.25, 0.3) is 5.91 Å². The average molecular weight is 428 g/mol. The molecule has 0 unspecified atom stereocenters. The van der Waals surface area contributed by atoms with Gasteiger partial charge in [-0.2, -0.15) is 0 Å². The molecule has 0 atom stereocenters. The lowest BCUT2D eigenvalue weighted by molar-refractivity contribution is -0.136. The van der Waals surface area contributed by atoms with Crippen LogP contribution in [-0.4, -0.2) is 32.7 Å². The van der Waals surface area contributed by atoms with Gasteiger partial charge in [0.05, 0.1) is 42.7 Å². The van der Waals surface area contributed by atoms with Crippen LogP contribution in [0.2, 0.25) is 5.02 Å². The summed E-state index contributed by atoms with van der Waals surface area (Å²) < 4.78 is 15.6. The first-order valence-electron chi connectivity index (χ1n) is 9.33. The Hall–Kier alpha value is -3.25. The van der Waals surface area contributed by atoms with E-state index in [1.165, 1.54) is 19.1 Å². The summed E-state index contributed by atoms with van der Waals surface area (Å²) in [6, 6.07) is 12.3.